The van der Waals surface area contributed by atoms with Crippen LogP contribution in [0, 0.1) is 5.92 Å². The summed E-state index contributed by atoms with van der Waals surface area (Å²) in [6.07, 6.45) is 3.95. The van der Waals surface area contributed by atoms with Crippen LogP contribution in [0.5, 0.6) is 0 Å². The van der Waals surface area contributed by atoms with Crippen molar-refractivity contribution in [1.82, 2.24) is 5.32 Å². The van der Waals surface area contributed by atoms with E-state index in [1.54, 1.807) is 18.6 Å². The molecule has 0 radical (unpaired) electrons. The molecule has 1 aromatic carbocycles. The molecule has 1 aromatic heterocycles. The Morgan fingerprint density at radius 1 is 1.35 bits per heavy atom. The summed E-state index contributed by atoms with van der Waals surface area (Å²) < 4.78 is 5.05. The summed E-state index contributed by atoms with van der Waals surface area (Å²) in [5.74, 6) is 0.168. The van der Waals surface area contributed by atoms with Crippen molar-refractivity contribution in [2.24, 2.45) is 5.92 Å². The Bertz CT molecular complexity index is 549. The minimum Gasteiger partial charge on any atom is -0.472 e. The normalized spacial score (nSPS) is 12.1. The number of hydrogen-bond donors (Lipinski definition) is 2. The maximum atomic E-state index is 12.1. The van der Waals surface area contributed by atoms with Gasteiger partial charge in [0.2, 0.25) is 0 Å². The van der Waals surface area contributed by atoms with Crippen molar-refractivity contribution in [3.05, 3.63) is 48.4 Å². The Kier molecular flexibility index (Phi) is 4.96. The minimum absolute atomic E-state index is 0.0971. The van der Waals surface area contributed by atoms with Crippen LogP contribution >= 0.6 is 0 Å². The number of aliphatic hydroxyl groups excluding tert-OH is 1. The zero-order chi connectivity index (χ0) is 14.4. The van der Waals surface area contributed by atoms with E-state index in [9.17, 15) is 4.79 Å². The fourth-order valence-electron chi connectivity index (χ4n) is 1.96. The zero-order valence-corrected chi connectivity index (χ0v) is 11.5. The van der Waals surface area contributed by atoms with Crippen molar-refractivity contribution < 1.29 is 14.3 Å². The molecule has 0 aliphatic rings. The number of nitrogens with one attached hydrogen (secondary N) is 1. The van der Waals surface area contributed by atoms with Gasteiger partial charge in [0.1, 0.15) is 0 Å². The van der Waals surface area contributed by atoms with Gasteiger partial charge in [-0.25, -0.2) is 0 Å². The van der Waals surface area contributed by atoms with Gasteiger partial charge < -0.3 is 14.8 Å². The summed E-state index contributed by atoms with van der Waals surface area (Å²) >= 11 is 0. The molecule has 0 bridgehead atoms. The van der Waals surface area contributed by atoms with E-state index in [0.29, 0.717) is 18.5 Å². The number of carbonyl (C=O) groups is 1. The van der Waals surface area contributed by atoms with E-state index in [1.165, 1.54) is 0 Å². The van der Waals surface area contributed by atoms with Gasteiger partial charge >= 0.3 is 0 Å². The Labute approximate surface area is 118 Å². The lowest BCUT2D eigenvalue weighted by Crippen LogP contribution is -2.28. The molecular weight excluding hydrogens is 254 g/mol. The second-order valence-electron chi connectivity index (χ2n) is 4.92. The van der Waals surface area contributed by atoms with Crippen LogP contribution in [0.25, 0.3) is 11.1 Å². The Hall–Kier alpha value is -2.07. The van der Waals surface area contributed by atoms with Crippen LogP contribution in [0.3, 0.4) is 0 Å². The summed E-state index contributed by atoms with van der Waals surface area (Å²) in [6.45, 7) is 2.71. The first-order chi connectivity index (χ1) is 9.70. The standard InChI is InChI=1S/C16H19NO3/c1-12(5-7-18)10-17-16(19)14-4-2-3-13(9-14)15-6-8-20-11-15/h2-4,6,8-9,11-12,18H,5,7,10H2,1H3,(H,17,19). The maximum absolute atomic E-state index is 12.1. The fourth-order valence-corrected chi connectivity index (χ4v) is 1.96. The van der Waals surface area contributed by atoms with Crippen molar-refractivity contribution in [2.75, 3.05) is 13.2 Å². The van der Waals surface area contributed by atoms with Crippen molar-refractivity contribution in [3.63, 3.8) is 0 Å². The van der Waals surface area contributed by atoms with Crippen molar-refractivity contribution >= 4 is 5.91 Å². The zero-order valence-electron chi connectivity index (χ0n) is 11.5. The second kappa shape index (κ2) is 6.91. The van der Waals surface area contributed by atoms with Crippen LogP contribution < -0.4 is 5.32 Å². The molecule has 2 rings (SSSR count). The maximum Gasteiger partial charge on any atom is 0.251 e. The SMILES string of the molecule is CC(CCO)CNC(=O)c1cccc(-c2ccoc2)c1. The van der Waals surface area contributed by atoms with Gasteiger partial charge in [-0.15, -0.1) is 0 Å². The molecule has 2 aromatic rings. The third-order valence-corrected chi connectivity index (χ3v) is 3.21. The molecule has 0 aliphatic carbocycles. The van der Waals surface area contributed by atoms with Gasteiger partial charge in [0.15, 0.2) is 0 Å². The van der Waals surface area contributed by atoms with Crippen LogP contribution in [0.15, 0.2) is 47.3 Å². The fraction of sp³-hybridized carbons (Fsp3) is 0.312. The first-order valence-electron chi connectivity index (χ1n) is 6.72. The van der Waals surface area contributed by atoms with E-state index in [-0.39, 0.29) is 18.4 Å². The van der Waals surface area contributed by atoms with Crippen LogP contribution in [0.1, 0.15) is 23.7 Å². The van der Waals surface area contributed by atoms with E-state index in [0.717, 1.165) is 11.1 Å². The summed E-state index contributed by atoms with van der Waals surface area (Å²) in [5, 5.41) is 11.7. The molecule has 0 saturated heterocycles. The average Bonchev–Trinajstić information content (AvgIpc) is 2.99. The topological polar surface area (TPSA) is 62.5 Å². The molecule has 106 valence electrons. The first-order valence-corrected chi connectivity index (χ1v) is 6.72. The lowest BCUT2D eigenvalue weighted by atomic mass is 10.0. The largest absolute Gasteiger partial charge is 0.472 e. The molecule has 1 amide bonds. The molecular formula is C16H19NO3. The van der Waals surface area contributed by atoms with Crippen molar-refractivity contribution in [1.29, 1.82) is 0 Å². The van der Waals surface area contributed by atoms with Crippen LogP contribution in [-0.2, 0) is 0 Å². The van der Waals surface area contributed by atoms with Crippen LogP contribution in [0.2, 0.25) is 0 Å². The third kappa shape index (κ3) is 3.71. The molecule has 2 N–H and O–H groups in total. The Balaban J connectivity index is 2.02. The van der Waals surface area contributed by atoms with Gasteiger partial charge in [0.25, 0.3) is 5.91 Å². The monoisotopic (exact) mass is 273 g/mol. The highest BCUT2D eigenvalue weighted by Gasteiger charge is 2.09. The smallest absolute Gasteiger partial charge is 0.251 e. The Morgan fingerprint density at radius 2 is 2.20 bits per heavy atom. The van der Waals surface area contributed by atoms with Gasteiger partial charge in [-0.2, -0.15) is 0 Å². The van der Waals surface area contributed by atoms with Gasteiger partial charge in [0, 0.05) is 24.3 Å². The molecule has 4 nitrogen and oxygen atoms in total. The van der Waals surface area contributed by atoms with E-state index in [1.807, 2.05) is 31.2 Å². The number of amides is 1. The number of hydrogen-bond acceptors (Lipinski definition) is 3. The summed E-state index contributed by atoms with van der Waals surface area (Å²) in [6, 6.07) is 9.29. The molecule has 1 unspecified atom stereocenters. The second-order valence-corrected chi connectivity index (χ2v) is 4.92. The first kappa shape index (κ1) is 14.3. The molecule has 20 heavy (non-hydrogen) atoms. The highest BCUT2D eigenvalue weighted by atomic mass is 16.3. The highest BCUT2D eigenvalue weighted by molar-refractivity contribution is 5.95. The van der Waals surface area contributed by atoms with Gasteiger partial charge in [0.05, 0.1) is 12.5 Å². The van der Waals surface area contributed by atoms with Gasteiger partial charge in [-0.1, -0.05) is 19.1 Å². The molecule has 1 heterocycles. The number of benzene rings is 1. The number of furan rings is 1. The lowest BCUT2D eigenvalue weighted by molar-refractivity contribution is 0.0945. The summed E-state index contributed by atoms with van der Waals surface area (Å²) in [7, 11) is 0. The number of rotatable bonds is 6. The Morgan fingerprint density at radius 3 is 2.90 bits per heavy atom. The average molecular weight is 273 g/mol. The molecule has 0 saturated carbocycles. The molecule has 4 heteroatoms. The molecule has 0 aliphatic heterocycles. The predicted molar refractivity (Wildman–Crippen MR) is 77.3 cm³/mol. The summed E-state index contributed by atoms with van der Waals surface area (Å²) in [5.41, 5.74) is 2.53. The van der Waals surface area contributed by atoms with E-state index in [2.05, 4.69) is 5.32 Å². The lowest BCUT2D eigenvalue weighted by Gasteiger charge is -2.11. The van der Waals surface area contributed by atoms with Crippen LogP contribution in [0.4, 0.5) is 0 Å². The van der Waals surface area contributed by atoms with Crippen molar-refractivity contribution in [2.45, 2.75) is 13.3 Å². The third-order valence-electron chi connectivity index (χ3n) is 3.21. The molecule has 1 atom stereocenters. The quantitative estimate of drug-likeness (QED) is 0.850. The van der Waals surface area contributed by atoms with E-state index >= 15 is 0 Å². The summed E-state index contributed by atoms with van der Waals surface area (Å²) in [4.78, 5) is 12.1. The molecule has 0 fully saturated rings. The van der Waals surface area contributed by atoms with Gasteiger partial charge in [-0.3, -0.25) is 4.79 Å². The number of aliphatic hydroxyl groups is 1. The predicted octanol–water partition coefficient (Wildman–Crippen LogP) is 2.69. The van der Waals surface area contributed by atoms with E-state index < -0.39 is 0 Å². The minimum atomic E-state index is -0.0971. The molecule has 0 spiro atoms. The van der Waals surface area contributed by atoms with Crippen molar-refractivity contribution in [3.8, 4) is 11.1 Å². The van der Waals surface area contributed by atoms with Crippen LogP contribution in [-0.4, -0.2) is 24.2 Å². The van der Waals surface area contributed by atoms with Gasteiger partial charge in [-0.05, 0) is 36.1 Å². The highest BCUT2D eigenvalue weighted by Crippen LogP contribution is 2.20. The number of carbonyl (C=O) groups excluding carboxylic acids is 1. The van der Waals surface area contributed by atoms with E-state index in [4.69, 9.17) is 9.52 Å².